The number of H-pyrrole nitrogens is 1. The quantitative estimate of drug-likeness (QED) is 0.480. The molecule has 0 spiro atoms. The van der Waals surface area contributed by atoms with Crippen molar-refractivity contribution in [2.24, 2.45) is 0 Å². The van der Waals surface area contributed by atoms with E-state index in [1.54, 1.807) is 17.4 Å². The van der Waals surface area contributed by atoms with E-state index in [0.29, 0.717) is 6.42 Å². The van der Waals surface area contributed by atoms with Gasteiger partial charge >= 0.3 is 0 Å². The van der Waals surface area contributed by atoms with E-state index in [1.165, 1.54) is 0 Å². The molecule has 0 aliphatic heterocycles. The number of para-hydroxylation sites is 2. The molecule has 4 aromatic rings. The molecule has 0 radical (unpaired) electrons. The van der Waals surface area contributed by atoms with Crippen LogP contribution in [0.25, 0.3) is 17.1 Å². The number of thiophene rings is 1. The van der Waals surface area contributed by atoms with Gasteiger partial charge in [0.1, 0.15) is 5.82 Å². The van der Waals surface area contributed by atoms with Crippen LogP contribution >= 0.6 is 11.3 Å². The average Bonchev–Trinajstić information content (AvgIpc) is 3.36. The first-order valence-corrected chi connectivity index (χ1v) is 9.66. The van der Waals surface area contributed by atoms with Gasteiger partial charge in [-0.25, -0.2) is 4.98 Å². The average molecular weight is 373 g/mol. The number of carbonyl (C=O) groups is 1. The van der Waals surface area contributed by atoms with Crippen LogP contribution in [0.1, 0.15) is 22.3 Å². The molecule has 0 aliphatic carbocycles. The fourth-order valence-electron chi connectivity index (χ4n) is 2.97. The molecule has 0 saturated heterocycles. The normalized spacial score (nSPS) is 12.4. The number of nitrogens with one attached hydrogen (secondary N) is 2. The first kappa shape index (κ1) is 17.2. The van der Waals surface area contributed by atoms with E-state index < -0.39 is 0 Å². The van der Waals surface area contributed by atoms with Crippen molar-refractivity contribution in [3.63, 3.8) is 0 Å². The molecule has 4 nitrogen and oxygen atoms in total. The molecule has 2 aromatic carbocycles. The number of aromatic nitrogens is 2. The third kappa shape index (κ3) is 4.33. The summed E-state index contributed by atoms with van der Waals surface area (Å²) in [6, 6.07) is 21.7. The summed E-state index contributed by atoms with van der Waals surface area (Å²) in [6.07, 6.45) is 4.07. The van der Waals surface area contributed by atoms with Crippen LogP contribution in [0, 0.1) is 0 Å². The zero-order valence-corrected chi connectivity index (χ0v) is 15.4. The second-order valence-electron chi connectivity index (χ2n) is 6.24. The standard InChI is InChI=1S/C22H19N3OS/c26-21(13-12-17-9-6-14-27-17)23-20(15-16-7-2-1-3-8-16)22-24-18-10-4-5-11-19(18)25-22/h1-14,20H,15H2,(H,23,26)(H,24,25). The van der Waals surface area contributed by atoms with E-state index in [9.17, 15) is 4.79 Å². The molecule has 0 saturated carbocycles. The summed E-state index contributed by atoms with van der Waals surface area (Å²) in [5.41, 5.74) is 3.01. The Morgan fingerprint density at radius 3 is 2.67 bits per heavy atom. The lowest BCUT2D eigenvalue weighted by Gasteiger charge is -2.16. The molecule has 1 unspecified atom stereocenters. The van der Waals surface area contributed by atoms with Crippen molar-refractivity contribution >= 4 is 34.4 Å². The molecule has 0 aliphatic rings. The molecular weight excluding hydrogens is 354 g/mol. The lowest BCUT2D eigenvalue weighted by atomic mass is 10.1. The lowest BCUT2D eigenvalue weighted by Crippen LogP contribution is -2.29. The van der Waals surface area contributed by atoms with E-state index >= 15 is 0 Å². The van der Waals surface area contributed by atoms with E-state index in [2.05, 4.69) is 27.4 Å². The second-order valence-corrected chi connectivity index (χ2v) is 7.22. The highest BCUT2D eigenvalue weighted by atomic mass is 32.1. The van der Waals surface area contributed by atoms with Gasteiger partial charge < -0.3 is 10.3 Å². The Balaban J connectivity index is 1.58. The molecule has 5 heteroatoms. The largest absolute Gasteiger partial charge is 0.342 e. The smallest absolute Gasteiger partial charge is 0.244 e. The number of carbonyl (C=O) groups excluding carboxylic acids is 1. The van der Waals surface area contributed by atoms with Gasteiger partial charge in [-0.3, -0.25) is 4.79 Å². The fraction of sp³-hybridized carbons (Fsp3) is 0.0909. The molecule has 2 aromatic heterocycles. The zero-order valence-electron chi connectivity index (χ0n) is 14.6. The Hall–Kier alpha value is -3.18. The van der Waals surface area contributed by atoms with E-state index in [4.69, 9.17) is 0 Å². The minimum Gasteiger partial charge on any atom is -0.342 e. The van der Waals surface area contributed by atoms with Gasteiger partial charge in [-0.2, -0.15) is 0 Å². The summed E-state index contributed by atoms with van der Waals surface area (Å²) in [5.74, 6) is 0.628. The van der Waals surface area contributed by atoms with Crippen molar-refractivity contribution in [2.75, 3.05) is 0 Å². The third-order valence-corrected chi connectivity index (χ3v) is 5.12. The maximum absolute atomic E-state index is 12.5. The molecule has 1 amide bonds. The number of aromatic amines is 1. The van der Waals surface area contributed by atoms with Crippen LogP contribution in [0.5, 0.6) is 0 Å². The molecule has 4 rings (SSSR count). The Morgan fingerprint density at radius 2 is 1.89 bits per heavy atom. The Morgan fingerprint density at radius 1 is 1.07 bits per heavy atom. The number of hydrogen-bond donors (Lipinski definition) is 2. The second kappa shape index (κ2) is 8.01. The number of rotatable bonds is 6. The molecular formula is C22H19N3OS. The summed E-state index contributed by atoms with van der Waals surface area (Å²) >= 11 is 1.60. The van der Waals surface area contributed by atoms with Crippen LogP contribution < -0.4 is 5.32 Å². The number of benzene rings is 2. The predicted molar refractivity (Wildman–Crippen MR) is 110 cm³/mol. The molecule has 2 N–H and O–H groups in total. The molecule has 1 atom stereocenters. The third-order valence-electron chi connectivity index (χ3n) is 4.28. The highest BCUT2D eigenvalue weighted by Crippen LogP contribution is 2.20. The van der Waals surface area contributed by atoms with Crippen LogP contribution in [0.15, 0.2) is 78.2 Å². The van der Waals surface area contributed by atoms with Gasteiger partial charge in [-0.1, -0.05) is 48.5 Å². The summed E-state index contributed by atoms with van der Waals surface area (Å²) in [7, 11) is 0. The van der Waals surface area contributed by atoms with Gasteiger partial charge in [0.2, 0.25) is 5.91 Å². The van der Waals surface area contributed by atoms with Gasteiger partial charge in [-0.15, -0.1) is 11.3 Å². The minimum absolute atomic E-state index is 0.134. The SMILES string of the molecule is O=C(C=Cc1cccs1)NC(Cc1ccccc1)c1nc2ccccc2[nH]1. The number of imidazole rings is 1. The summed E-state index contributed by atoms with van der Waals surface area (Å²) in [6.45, 7) is 0. The number of fused-ring (bicyclic) bond motifs is 1. The first-order valence-electron chi connectivity index (χ1n) is 8.78. The lowest BCUT2D eigenvalue weighted by molar-refractivity contribution is -0.117. The Labute approximate surface area is 161 Å². The summed E-state index contributed by atoms with van der Waals surface area (Å²) in [4.78, 5) is 21.6. The van der Waals surface area contributed by atoms with E-state index in [-0.39, 0.29) is 11.9 Å². The summed E-state index contributed by atoms with van der Waals surface area (Å²) in [5, 5.41) is 5.08. The molecule has 2 heterocycles. The maximum atomic E-state index is 12.5. The van der Waals surface area contributed by atoms with Crippen molar-refractivity contribution in [1.29, 1.82) is 0 Å². The molecule has 0 fully saturated rings. The number of nitrogens with zero attached hydrogens (tertiary/aromatic N) is 1. The maximum Gasteiger partial charge on any atom is 0.244 e. The van der Waals surface area contributed by atoms with Crippen molar-refractivity contribution in [1.82, 2.24) is 15.3 Å². The molecule has 27 heavy (non-hydrogen) atoms. The number of amides is 1. The number of hydrogen-bond acceptors (Lipinski definition) is 3. The monoisotopic (exact) mass is 373 g/mol. The van der Waals surface area contributed by atoms with Crippen LogP contribution in [0.3, 0.4) is 0 Å². The van der Waals surface area contributed by atoms with Crippen LogP contribution in [-0.4, -0.2) is 15.9 Å². The van der Waals surface area contributed by atoms with Gasteiger partial charge in [0.05, 0.1) is 17.1 Å². The zero-order chi connectivity index (χ0) is 18.5. The Kier molecular flexibility index (Phi) is 5.12. The van der Waals surface area contributed by atoms with Gasteiger partial charge in [0.25, 0.3) is 0 Å². The topological polar surface area (TPSA) is 57.8 Å². The van der Waals surface area contributed by atoms with Crippen molar-refractivity contribution in [3.05, 3.63) is 94.5 Å². The van der Waals surface area contributed by atoms with Crippen molar-refractivity contribution in [2.45, 2.75) is 12.5 Å². The van der Waals surface area contributed by atoms with Crippen LogP contribution in [0.4, 0.5) is 0 Å². The van der Waals surface area contributed by atoms with Gasteiger partial charge in [0.15, 0.2) is 0 Å². The highest BCUT2D eigenvalue weighted by Gasteiger charge is 2.18. The summed E-state index contributed by atoms with van der Waals surface area (Å²) < 4.78 is 0. The molecule has 134 valence electrons. The van der Waals surface area contributed by atoms with Crippen molar-refractivity contribution in [3.8, 4) is 0 Å². The van der Waals surface area contributed by atoms with E-state index in [1.807, 2.05) is 66.1 Å². The Bertz CT molecular complexity index is 1020. The van der Waals surface area contributed by atoms with Crippen LogP contribution in [0.2, 0.25) is 0 Å². The minimum atomic E-state index is -0.236. The fourth-order valence-corrected chi connectivity index (χ4v) is 3.59. The first-order chi connectivity index (χ1) is 13.3. The van der Waals surface area contributed by atoms with Gasteiger partial charge in [0, 0.05) is 11.0 Å². The van der Waals surface area contributed by atoms with E-state index in [0.717, 1.165) is 27.3 Å². The van der Waals surface area contributed by atoms with Gasteiger partial charge in [-0.05, 0) is 41.6 Å². The van der Waals surface area contributed by atoms with Crippen molar-refractivity contribution < 1.29 is 4.79 Å². The predicted octanol–water partition coefficient (Wildman–Crippen LogP) is 4.74. The molecule has 0 bridgehead atoms. The highest BCUT2D eigenvalue weighted by molar-refractivity contribution is 7.10. The van der Waals surface area contributed by atoms with Crippen LogP contribution in [-0.2, 0) is 11.2 Å².